The summed E-state index contributed by atoms with van der Waals surface area (Å²) in [4.78, 5) is 10.6. The zero-order valence-electron chi connectivity index (χ0n) is 8.73. The van der Waals surface area contributed by atoms with E-state index in [1.807, 2.05) is 37.3 Å². The largest absolute Gasteiger partial charge is 0.264 e. The van der Waals surface area contributed by atoms with Crippen molar-refractivity contribution < 1.29 is 4.92 Å². The Morgan fingerprint density at radius 2 is 1.79 bits per heavy atom. The molecule has 0 bridgehead atoms. The van der Waals surface area contributed by atoms with Crippen LogP contribution in [0.5, 0.6) is 0 Å². The van der Waals surface area contributed by atoms with Gasteiger partial charge in [-0.1, -0.05) is 37.3 Å². The molecule has 0 amide bonds. The van der Waals surface area contributed by atoms with Crippen LogP contribution < -0.4 is 0 Å². The predicted molar refractivity (Wildman–Crippen MR) is 55.9 cm³/mol. The van der Waals surface area contributed by atoms with Crippen LogP contribution in [0.2, 0.25) is 0 Å². The van der Waals surface area contributed by atoms with Crippen LogP contribution in [0.3, 0.4) is 0 Å². The lowest BCUT2D eigenvalue weighted by atomic mass is 9.84. The van der Waals surface area contributed by atoms with Crippen molar-refractivity contribution in [3.05, 3.63) is 46.0 Å². The molecule has 1 atom stereocenters. The summed E-state index contributed by atoms with van der Waals surface area (Å²) in [6.07, 6.45) is 0. The third-order valence-corrected chi connectivity index (χ3v) is 2.83. The first-order valence-corrected chi connectivity index (χ1v) is 4.65. The summed E-state index contributed by atoms with van der Waals surface area (Å²) in [5.74, 6) is -0.0845. The summed E-state index contributed by atoms with van der Waals surface area (Å²) in [6, 6.07) is 9.57. The van der Waals surface area contributed by atoms with Gasteiger partial charge in [-0.15, -0.1) is 0 Å². The Labute approximate surface area is 83.9 Å². The van der Waals surface area contributed by atoms with E-state index in [1.54, 1.807) is 13.8 Å². The van der Waals surface area contributed by atoms with E-state index in [1.165, 1.54) is 0 Å². The van der Waals surface area contributed by atoms with Crippen LogP contribution >= 0.6 is 0 Å². The zero-order valence-corrected chi connectivity index (χ0v) is 8.73. The molecule has 0 spiro atoms. The number of rotatable bonds is 3. The minimum Gasteiger partial charge on any atom is -0.264 e. The Morgan fingerprint density at radius 3 is 2.21 bits per heavy atom. The van der Waals surface area contributed by atoms with Crippen LogP contribution in [0.4, 0.5) is 0 Å². The first-order chi connectivity index (χ1) is 6.46. The molecule has 0 radical (unpaired) electrons. The van der Waals surface area contributed by atoms with E-state index in [9.17, 15) is 10.1 Å². The van der Waals surface area contributed by atoms with Crippen molar-refractivity contribution >= 4 is 0 Å². The van der Waals surface area contributed by atoms with Gasteiger partial charge in [-0.25, -0.2) is 0 Å². The highest BCUT2D eigenvalue weighted by molar-refractivity contribution is 5.21. The molecule has 0 aliphatic carbocycles. The van der Waals surface area contributed by atoms with E-state index in [4.69, 9.17) is 0 Å². The topological polar surface area (TPSA) is 43.1 Å². The van der Waals surface area contributed by atoms with Crippen molar-refractivity contribution in [3.8, 4) is 0 Å². The SMILES string of the molecule is CC(c1ccccc1)C(C)(C)[N+](=O)[O-]. The van der Waals surface area contributed by atoms with Gasteiger partial charge in [0.15, 0.2) is 0 Å². The number of hydrogen-bond acceptors (Lipinski definition) is 2. The fraction of sp³-hybridized carbons (Fsp3) is 0.455. The molecule has 0 heterocycles. The van der Waals surface area contributed by atoms with Crippen LogP contribution in [0.15, 0.2) is 30.3 Å². The van der Waals surface area contributed by atoms with Gasteiger partial charge in [0.2, 0.25) is 5.54 Å². The molecule has 0 aliphatic rings. The van der Waals surface area contributed by atoms with Gasteiger partial charge in [0.25, 0.3) is 0 Å². The minimum atomic E-state index is -0.915. The molecule has 14 heavy (non-hydrogen) atoms. The van der Waals surface area contributed by atoms with Gasteiger partial charge in [0.1, 0.15) is 0 Å². The quantitative estimate of drug-likeness (QED) is 0.547. The first-order valence-electron chi connectivity index (χ1n) is 4.65. The van der Waals surface area contributed by atoms with Gasteiger partial charge >= 0.3 is 0 Å². The van der Waals surface area contributed by atoms with Crippen molar-refractivity contribution in [2.75, 3.05) is 0 Å². The Morgan fingerprint density at radius 1 is 1.29 bits per heavy atom. The summed E-state index contributed by atoms with van der Waals surface area (Å²) >= 11 is 0. The van der Waals surface area contributed by atoms with E-state index in [-0.39, 0.29) is 10.8 Å². The molecule has 0 fully saturated rings. The van der Waals surface area contributed by atoms with Crippen LogP contribution in [0.25, 0.3) is 0 Å². The number of nitrogens with zero attached hydrogens (tertiary/aromatic N) is 1. The Balaban J connectivity index is 2.96. The maximum absolute atomic E-state index is 10.8. The first kappa shape index (κ1) is 10.7. The Kier molecular flexibility index (Phi) is 2.89. The maximum atomic E-state index is 10.8. The Hall–Kier alpha value is -1.38. The summed E-state index contributed by atoms with van der Waals surface area (Å²) in [7, 11) is 0. The van der Waals surface area contributed by atoms with E-state index in [2.05, 4.69) is 0 Å². The minimum absolute atomic E-state index is 0.0845. The average Bonchev–Trinajstić information content (AvgIpc) is 2.17. The van der Waals surface area contributed by atoms with Gasteiger partial charge in [-0.3, -0.25) is 10.1 Å². The molecule has 0 N–H and O–H groups in total. The molecular weight excluding hydrogens is 178 g/mol. The van der Waals surface area contributed by atoms with Gasteiger partial charge in [0, 0.05) is 18.8 Å². The molecule has 1 unspecified atom stereocenters. The highest BCUT2D eigenvalue weighted by Gasteiger charge is 2.38. The molecule has 0 aromatic heterocycles. The molecule has 0 aliphatic heterocycles. The second-order valence-electron chi connectivity index (χ2n) is 4.04. The number of benzene rings is 1. The summed E-state index contributed by atoms with van der Waals surface area (Å²) in [5.41, 5.74) is 0.0932. The number of nitro groups is 1. The van der Waals surface area contributed by atoms with Gasteiger partial charge in [0.05, 0.1) is 5.92 Å². The molecule has 3 nitrogen and oxygen atoms in total. The summed E-state index contributed by atoms with van der Waals surface area (Å²) in [6.45, 7) is 5.20. The average molecular weight is 193 g/mol. The molecule has 0 saturated heterocycles. The smallest absolute Gasteiger partial charge is 0.223 e. The number of hydrogen-bond donors (Lipinski definition) is 0. The summed E-state index contributed by atoms with van der Waals surface area (Å²) < 4.78 is 0. The van der Waals surface area contributed by atoms with Crippen LogP contribution in [-0.2, 0) is 0 Å². The van der Waals surface area contributed by atoms with E-state index >= 15 is 0 Å². The second-order valence-corrected chi connectivity index (χ2v) is 4.04. The van der Waals surface area contributed by atoms with Crippen molar-refractivity contribution in [3.63, 3.8) is 0 Å². The van der Waals surface area contributed by atoms with E-state index in [0.29, 0.717) is 0 Å². The lowest BCUT2D eigenvalue weighted by molar-refractivity contribution is -0.564. The molecule has 1 rings (SSSR count). The van der Waals surface area contributed by atoms with E-state index < -0.39 is 5.54 Å². The van der Waals surface area contributed by atoms with Crippen LogP contribution in [-0.4, -0.2) is 10.5 Å². The van der Waals surface area contributed by atoms with Crippen molar-refractivity contribution in [1.82, 2.24) is 0 Å². The van der Waals surface area contributed by atoms with Crippen molar-refractivity contribution in [2.45, 2.75) is 32.2 Å². The van der Waals surface area contributed by atoms with Crippen molar-refractivity contribution in [1.29, 1.82) is 0 Å². The third kappa shape index (κ3) is 1.92. The van der Waals surface area contributed by atoms with Gasteiger partial charge < -0.3 is 0 Å². The molecular formula is C11H15NO2. The fourth-order valence-corrected chi connectivity index (χ4v) is 1.31. The third-order valence-electron chi connectivity index (χ3n) is 2.83. The summed E-state index contributed by atoms with van der Waals surface area (Å²) in [5, 5.41) is 10.8. The maximum Gasteiger partial charge on any atom is 0.223 e. The second kappa shape index (κ2) is 3.78. The van der Waals surface area contributed by atoms with Gasteiger partial charge in [-0.2, -0.15) is 0 Å². The van der Waals surface area contributed by atoms with Crippen molar-refractivity contribution in [2.24, 2.45) is 0 Å². The lowest BCUT2D eigenvalue weighted by Crippen LogP contribution is -2.36. The predicted octanol–water partition coefficient (Wildman–Crippen LogP) is 2.85. The standard InChI is InChI=1S/C11H15NO2/c1-9(11(2,3)12(13)14)10-7-5-4-6-8-10/h4-9H,1-3H3. The van der Waals surface area contributed by atoms with Crippen LogP contribution in [0.1, 0.15) is 32.3 Å². The van der Waals surface area contributed by atoms with Gasteiger partial charge in [-0.05, 0) is 5.56 Å². The lowest BCUT2D eigenvalue weighted by Gasteiger charge is -2.23. The monoisotopic (exact) mass is 193 g/mol. The fourth-order valence-electron chi connectivity index (χ4n) is 1.31. The normalized spacial score (nSPS) is 13.6. The molecule has 1 aromatic rings. The highest BCUT2D eigenvalue weighted by atomic mass is 16.6. The molecule has 0 saturated carbocycles. The molecule has 3 heteroatoms. The van der Waals surface area contributed by atoms with Crippen LogP contribution in [0, 0.1) is 10.1 Å². The zero-order chi connectivity index (χ0) is 10.8. The van der Waals surface area contributed by atoms with E-state index in [0.717, 1.165) is 5.56 Å². The molecule has 1 aromatic carbocycles. The Bertz CT molecular complexity index is 319. The highest BCUT2D eigenvalue weighted by Crippen LogP contribution is 2.29. The molecule has 76 valence electrons.